The van der Waals surface area contributed by atoms with Crippen molar-refractivity contribution in [2.24, 2.45) is 0 Å². The Labute approximate surface area is 85.3 Å². The molecule has 1 aromatic carbocycles. The fourth-order valence-electron chi connectivity index (χ4n) is 1.28. The minimum absolute atomic E-state index is 0.686. The molecule has 0 heterocycles. The molecule has 0 aliphatic rings. The second-order valence-corrected chi connectivity index (χ2v) is 3.20. The second-order valence-electron chi connectivity index (χ2n) is 3.20. The van der Waals surface area contributed by atoms with E-state index in [0.717, 1.165) is 24.4 Å². The number of hydrogen-bond acceptors (Lipinski definition) is 3. The van der Waals surface area contributed by atoms with Gasteiger partial charge in [0.2, 0.25) is 0 Å². The topological polar surface area (TPSA) is 47.3 Å². The Morgan fingerprint density at radius 1 is 1.43 bits per heavy atom. The molecule has 0 saturated carbocycles. The van der Waals surface area contributed by atoms with Gasteiger partial charge in [-0.15, -0.1) is 0 Å². The molecule has 0 aliphatic carbocycles. The molecule has 0 amide bonds. The molecule has 3 heteroatoms. The molecule has 3 nitrogen and oxygen atoms in total. The summed E-state index contributed by atoms with van der Waals surface area (Å²) in [6.45, 7) is 3.12. The predicted molar refractivity (Wildman–Crippen MR) is 60.8 cm³/mol. The van der Waals surface area contributed by atoms with Gasteiger partial charge in [-0.25, -0.2) is 0 Å². The fraction of sp³-hybridized carbons (Fsp3) is 0.455. The third-order valence-electron chi connectivity index (χ3n) is 2.13. The first-order valence-corrected chi connectivity index (χ1v) is 4.96. The Morgan fingerprint density at radius 3 is 2.86 bits per heavy atom. The van der Waals surface area contributed by atoms with Crippen LogP contribution in [0.3, 0.4) is 0 Å². The van der Waals surface area contributed by atoms with E-state index in [9.17, 15) is 0 Å². The van der Waals surface area contributed by atoms with Crippen LogP contribution in [0.1, 0.15) is 19.8 Å². The van der Waals surface area contributed by atoms with Gasteiger partial charge in [-0.3, -0.25) is 0 Å². The van der Waals surface area contributed by atoms with Crippen molar-refractivity contribution in [3.05, 3.63) is 18.2 Å². The van der Waals surface area contributed by atoms with Crippen LogP contribution in [0.5, 0.6) is 5.75 Å². The molecule has 0 atom stereocenters. The summed E-state index contributed by atoms with van der Waals surface area (Å²) in [5.41, 5.74) is 7.53. The Bertz CT molecular complexity index is 287. The molecule has 0 spiro atoms. The number of unbranched alkanes of at least 4 members (excludes halogenated alkanes) is 1. The minimum Gasteiger partial charge on any atom is -0.495 e. The summed E-state index contributed by atoms with van der Waals surface area (Å²) < 4.78 is 5.13. The van der Waals surface area contributed by atoms with E-state index in [4.69, 9.17) is 10.5 Å². The van der Waals surface area contributed by atoms with Crippen LogP contribution in [0.15, 0.2) is 18.2 Å². The van der Waals surface area contributed by atoms with E-state index in [0.29, 0.717) is 5.69 Å². The Hall–Kier alpha value is -1.38. The maximum Gasteiger partial charge on any atom is 0.143 e. The molecule has 3 N–H and O–H groups in total. The van der Waals surface area contributed by atoms with E-state index in [1.165, 1.54) is 6.42 Å². The van der Waals surface area contributed by atoms with Gasteiger partial charge in [0.25, 0.3) is 0 Å². The Morgan fingerprint density at radius 2 is 2.21 bits per heavy atom. The van der Waals surface area contributed by atoms with E-state index in [1.807, 2.05) is 18.2 Å². The van der Waals surface area contributed by atoms with Gasteiger partial charge in [0, 0.05) is 6.54 Å². The molecule has 0 bridgehead atoms. The van der Waals surface area contributed by atoms with Gasteiger partial charge in [-0.05, 0) is 18.6 Å². The van der Waals surface area contributed by atoms with E-state index < -0.39 is 0 Å². The summed E-state index contributed by atoms with van der Waals surface area (Å²) in [7, 11) is 1.63. The molecule has 0 unspecified atom stereocenters. The monoisotopic (exact) mass is 194 g/mol. The van der Waals surface area contributed by atoms with Crippen molar-refractivity contribution in [3.63, 3.8) is 0 Å². The number of ether oxygens (including phenoxy) is 1. The van der Waals surface area contributed by atoms with Gasteiger partial charge in [-0.1, -0.05) is 19.4 Å². The number of methoxy groups -OCH3 is 1. The summed E-state index contributed by atoms with van der Waals surface area (Å²) in [6, 6.07) is 5.76. The van der Waals surface area contributed by atoms with Crippen LogP contribution in [-0.2, 0) is 0 Å². The molecule has 0 radical (unpaired) electrons. The lowest BCUT2D eigenvalue weighted by molar-refractivity contribution is 0.417. The number of nitrogen functional groups attached to an aromatic ring is 1. The number of para-hydroxylation sites is 1. The highest BCUT2D eigenvalue weighted by atomic mass is 16.5. The number of nitrogens with one attached hydrogen (secondary N) is 1. The number of rotatable bonds is 5. The van der Waals surface area contributed by atoms with E-state index >= 15 is 0 Å². The molecular weight excluding hydrogens is 176 g/mol. The summed E-state index contributed by atoms with van der Waals surface area (Å²) in [4.78, 5) is 0. The number of anilines is 2. The van der Waals surface area contributed by atoms with Crippen molar-refractivity contribution in [2.45, 2.75) is 19.8 Å². The highest BCUT2D eigenvalue weighted by molar-refractivity contribution is 5.72. The average Bonchev–Trinajstić information content (AvgIpc) is 2.21. The van der Waals surface area contributed by atoms with Crippen LogP contribution < -0.4 is 15.8 Å². The highest BCUT2D eigenvalue weighted by Crippen LogP contribution is 2.28. The van der Waals surface area contributed by atoms with Gasteiger partial charge in [0.05, 0.1) is 18.5 Å². The lowest BCUT2D eigenvalue weighted by Crippen LogP contribution is -2.04. The molecule has 1 aromatic rings. The average molecular weight is 194 g/mol. The van der Waals surface area contributed by atoms with Gasteiger partial charge in [0.1, 0.15) is 5.75 Å². The highest BCUT2D eigenvalue weighted by Gasteiger charge is 2.03. The maximum atomic E-state index is 5.89. The normalized spacial score (nSPS) is 9.86. The van der Waals surface area contributed by atoms with Crippen LogP contribution in [0, 0.1) is 0 Å². The van der Waals surface area contributed by atoms with E-state index in [1.54, 1.807) is 7.11 Å². The van der Waals surface area contributed by atoms with E-state index in [-0.39, 0.29) is 0 Å². The summed E-state index contributed by atoms with van der Waals surface area (Å²) in [6.07, 6.45) is 2.33. The third kappa shape index (κ3) is 2.55. The van der Waals surface area contributed by atoms with Gasteiger partial charge >= 0.3 is 0 Å². The van der Waals surface area contributed by atoms with Crippen LogP contribution in [0.25, 0.3) is 0 Å². The first kappa shape index (κ1) is 10.7. The summed E-state index contributed by atoms with van der Waals surface area (Å²) in [5.74, 6) is 0.728. The second kappa shape index (κ2) is 5.37. The van der Waals surface area contributed by atoms with Crippen molar-refractivity contribution < 1.29 is 4.74 Å². The lowest BCUT2D eigenvalue weighted by Gasteiger charge is -2.11. The minimum atomic E-state index is 0.686. The van der Waals surface area contributed by atoms with Gasteiger partial charge in [0.15, 0.2) is 0 Å². The Balaban J connectivity index is 2.66. The molecule has 78 valence electrons. The third-order valence-corrected chi connectivity index (χ3v) is 2.13. The molecular formula is C11H18N2O. The van der Waals surface area contributed by atoms with Crippen molar-refractivity contribution >= 4 is 11.4 Å². The zero-order valence-corrected chi connectivity index (χ0v) is 8.84. The van der Waals surface area contributed by atoms with Crippen molar-refractivity contribution in [1.29, 1.82) is 0 Å². The number of benzene rings is 1. The van der Waals surface area contributed by atoms with Gasteiger partial charge < -0.3 is 15.8 Å². The van der Waals surface area contributed by atoms with E-state index in [2.05, 4.69) is 12.2 Å². The van der Waals surface area contributed by atoms with Gasteiger partial charge in [-0.2, -0.15) is 0 Å². The van der Waals surface area contributed by atoms with Crippen molar-refractivity contribution in [2.75, 3.05) is 24.7 Å². The maximum absolute atomic E-state index is 5.89. The van der Waals surface area contributed by atoms with Crippen LogP contribution >= 0.6 is 0 Å². The van der Waals surface area contributed by atoms with Crippen LogP contribution in [0.4, 0.5) is 11.4 Å². The SMILES string of the molecule is CCCCNc1cccc(OC)c1N. The number of hydrogen-bond donors (Lipinski definition) is 2. The quantitative estimate of drug-likeness (QED) is 0.559. The van der Waals surface area contributed by atoms with Crippen molar-refractivity contribution in [3.8, 4) is 5.75 Å². The number of nitrogens with two attached hydrogens (primary N) is 1. The fourth-order valence-corrected chi connectivity index (χ4v) is 1.28. The summed E-state index contributed by atoms with van der Waals surface area (Å²) >= 11 is 0. The first-order chi connectivity index (χ1) is 6.79. The predicted octanol–water partition coefficient (Wildman–Crippen LogP) is 2.49. The smallest absolute Gasteiger partial charge is 0.143 e. The molecule has 0 saturated heterocycles. The largest absolute Gasteiger partial charge is 0.495 e. The zero-order chi connectivity index (χ0) is 10.4. The van der Waals surface area contributed by atoms with Crippen LogP contribution in [0.2, 0.25) is 0 Å². The first-order valence-electron chi connectivity index (χ1n) is 4.96. The summed E-state index contributed by atoms with van der Waals surface area (Å²) in [5, 5.41) is 3.28. The lowest BCUT2D eigenvalue weighted by atomic mass is 10.2. The molecule has 1 rings (SSSR count). The molecule has 14 heavy (non-hydrogen) atoms. The van der Waals surface area contributed by atoms with Crippen LogP contribution in [-0.4, -0.2) is 13.7 Å². The van der Waals surface area contributed by atoms with Crippen molar-refractivity contribution in [1.82, 2.24) is 0 Å². The molecule has 0 aromatic heterocycles. The molecule has 0 aliphatic heterocycles. The standard InChI is InChI=1S/C11H18N2O/c1-3-4-8-13-9-6-5-7-10(14-2)11(9)12/h5-7,13H,3-4,8,12H2,1-2H3. The zero-order valence-electron chi connectivity index (χ0n) is 8.84. The molecule has 0 fully saturated rings. The Kier molecular flexibility index (Phi) is 4.11.